The fraction of sp³-hybridized carbons (Fsp3) is 0.625. The first-order valence-electron chi connectivity index (χ1n) is 7.40. The number of methoxy groups -OCH3 is 2. The van der Waals surface area contributed by atoms with Crippen LogP contribution in [-0.4, -0.2) is 44.4 Å². The molecule has 0 bridgehead atoms. The van der Waals surface area contributed by atoms with Gasteiger partial charge in [-0.2, -0.15) is 0 Å². The molecule has 3 atom stereocenters. The van der Waals surface area contributed by atoms with Crippen LogP contribution in [0.4, 0.5) is 0 Å². The van der Waals surface area contributed by atoms with Crippen molar-refractivity contribution in [3.8, 4) is 0 Å². The molecule has 0 amide bonds. The van der Waals surface area contributed by atoms with Crippen LogP contribution >= 0.6 is 0 Å². The second kappa shape index (κ2) is 8.36. The lowest BCUT2D eigenvalue weighted by Crippen LogP contribution is -2.48. The second-order valence-electron chi connectivity index (χ2n) is 6.35. The third kappa shape index (κ3) is 5.59. The molecule has 1 aromatic rings. The van der Waals surface area contributed by atoms with Crippen molar-refractivity contribution in [1.29, 1.82) is 0 Å². The first kappa shape index (κ1) is 19.5. The van der Waals surface area contributed by atoms with E-state index in [2.05, 4.69) is 19.6 Å². The molecule has 22 heavy (non-hydrogen) atoms. The molecule has 1 rings (SSSR count). The fourth-order valence-corrected chi connectivity index (χ4v) is 4.65. The van der Waals surface area contributed by atoms with Gasteiger partial charge in [0.15, 0.2) is 14.6 Å². The lowest BCUT2D eigenvalue weighted by molar-refractivity contribution is -0.157. The largest absolute Gasteiger partial charge is 0.408 e. The molecule has 1 unspecified atom stereocenters. The number of aryl methyl sites for hydroxylation is 1. The molecular formula is C16H28O4SSi. The maximum absolute atomic E-state index is 12.9. The Morgan fingerprint density at radius 1 is 1.05 bits per heavy atom. The predicted octanol–water partition coefficient (Wildman–Crippen LogP) is 3.33. The van der Waals surface area contributed by atoms with Crippen LogP contribution in [0.3, 0.4) is 0 Å². The summed E-state index contributed by atoms with van der Waals surface area (Å²) in [6, 6.07) is 7.75. The summed E-state index contributed by atoms with van der Waals surface area (Å²) in [5.41, 5.74) is 1.15. The van der Waals surface area contributed by atoms with Gasteiger partial charge in [0.25, 0.3) is 0 Å². The monoisotopic (exact) mass is 344 g/mol. The molecule has 4 nitrogen and oxygen atoms in total. The van der Waals surface area contributed by atoms with Crippen LogP contribution in [0, 0.1) is 6.92 Å². The van der Waals surface area contributed by atoms with Gasteiger partial charge in [0, 0.05) is 19.1 Å². The van der Waals surface area contributed by atoms with E-state index in [1.54, 1.807) is 14.2 Å². The van der Waals surface area contributed by atoms with Crippen molar-refractivity contribution in [1.82, 2.24) is 0 Å². The second-order valence-corrected chi connectivity index (χ2v) is 12.6. The molecule has 0 saturated carbocycles. The quantitative estimate of drug-likeness (QED) is 0.536. The molecule has 126 valence electrons. The Bertz CT molecular complexity index is 480. The zero-order chi connectivity index (χ0) is 16.9. The van der Waals surface area contributed by atoms with E-state index in [1.165, 1.54) is 0 Å². The summed E-state index contributed by atoms with van der Waals surface area (Å²) in [4.78, 5) is 0.799. The molecule has 0 radical (unpaired) electrons. The average molecular weight is 345 g/mol. The topological polar surface area (TPSA) is 44.8 Å². The van der Waals surface area contributed by atoms with E-state index in [0.717, 1.165) is 10.5 Å². The van der Waals surface area contributed by atoms with Crippen LogP contribution in [0.25, 0.3) is 0 Å². The molecule has 0 aliphatic carbocycles. The maximum Gasteiger partial charge on any atom is 0.184 e. The van der Waals surface area contributed by atoms with Gasteiger partial charge in [0.05, 0.1) is 16.0 Å². The van der Waals surface area contributed by atoms with E-state index >= 15 is 0 Å². The Kier molecular flexibility index (Phi) is 7.41. The molecule has 0 saturated heterocycles. The van der Waals surface area contributed by atoms with Crippen molar-refractivity contribution >= 4 is 19.1 Å². The van der Waals surface area contributed by atoms with E-state index in [1.807, 2.05) is 38.1 Å². The van der Waals surface area contributed by atoms with Gasteiger partial charge >= 0.3 is 0 Å². The SMILES string of the molecule is COC(OC)[C@H](O[Si](C)(C)C)[C@@H](C)S(=O)c1ccc(C)cc1. The fourth-order valence-electron chi connectivity index (χ4n) is 2.15. The van der Waals surface area contributed by atoms with Crippen molar-refractivity contribution in [3.05, 3.63) is 29.8 Å². The molecule has 0 aromatic heterocycles. The Morgan fingerprint density at radius 2 is 1.55 bits per heavy atom. The number of benzene rings is 1. The molecule has 0 aliphatic heterocycles. The van der Waals surface area contributed by atoms with Crippen molar-refractivity contribution in [2.75, 3.05) is 14.2 Å². The van der Waals surface area contributed by atoms with Gasteiger partial charge in [-0.3, -0.25) is 4.21 Å². The molecule has 0 spiro atoms. The minimum Gasteiger partial charge on any atom is -0.408 e. The summed E-state index contributed by atoms with van der Waals surface area (Å²) in [6.45, 7) is 10.2. The van der Waals surface area contributed by atoms with Crippen molar-refractivity contribution in [2.24, 2.45) is 0 Å². The van der Waals surface area contributed by atoms with Gasteiger partial charge in [-0.25, -0.2) is 0 Å². The number of hydrogen-bond donors (Lipinski definition) is 0. The Morgan fingerprint density at radius 3 is 1.95 bits per heavy atom. The third-order valence-electron chi connectivity index (χ3n) is 3.28. The normalized spacial score (nSPS) is 16.5. The smallest absolute Gasteiger partial charge is 0.184 e. The van der Waals surface area contributed by atoms with E-state index in [-0.39, 0.29) is 11.4 Å². The lowest BCUT2D eigenvalue weighted by Gasteiger charge is -2.34. The number of rotatable bonds is 8. The molecule has 0 N–H and O–H groups in total. The summed E-state index contributed by atoms with van der Waals surface area (Å²) in [7, 11) is 0.143. The molecule has 1 aromatic carbocycles. The first-order chi connectivity index (χ1) is 10.2. The Hall–Kier alpha value is -0.533. The van der Waals surface area contributed by atoms with E-state index in [4.69, 9.17) is 13.9 Å². The molecular weight excluding hydrogens is 316 g/mol. The summed E-state index contributed by atoms with van der Waals surface area (Å²) < 4.78 is 29.8. The van der Waals surface area contributed by atoms with Gasteiger partial charge in [-0.1, -0.05) is 17.7 Å². The van der Waals surface area contributed by atoms with Crippen LogP contribution in [0.2, 0.25) is 19.6 Å². The van der Waals surface area contributed by atoms with Gasteiger partial charge in [-0.15, -0.1) is 0 Å². The summed E-state index contributed by atoms with van der Waals surface area (Å²) in [5.74, 6) is 0. The highest BCUT2D eigenvalue weighted by Crippen LogP contribution is 2.23. The molecule has 6 heteroatoms. The highest BCUT2D eigenvalue weighted by molar-refractivity contribution is 7.85. The number of ether oxygens (including phenoxy) is 2. The predicted molar refractivity (Wildman–Crippen MR) is 93.1 cm³/mol. The minimum absolute atomic E-state index is 0.237. The summed E-state index contributed by atoms with van der Waals surface area (Å²) in [6.07, 6.45) is -0.903. The van der Waals surface area contributed by atoms with Gasteiger partial charge < -0.3 is 13.9 Å². The molecule has 0 fully saturated rings. The Labute approximate surface area is 137 Å². The van der Waals surface area contributed by atoms with Crippen molar-refractivity contribution < 1.29 is 18.1 Å². The van der Waals surface area contributed by atoms with E-state index in [0.29, 0.717) is 0 Å². The minimum atomic E-state index is -1.83. The van der Waals surface area contributed by atoms with Crippen molar-refractivity contribution in [3.63, 3.8) is 0 Å². The summed E-state index contributed by atoms with van der Waals surface area (Å²) >= 11 is 0. The number of hydrogen-bond acceptors (Lipinski definition) is 4. The highest BCUT2D eigenvalue weighted by Gasteiger charge is 2.35. The van der Waals surface area contributed by atoms with E-state index < -0.39 is 25.4 Å². The third-order valence-corrected chi connectivity index (χ3v) is 5.94. The maximum atomic E-state index is 12.9. The Balaban J connectivity index is 3.01. The van der Waals surface area contributed by atoms with Crippen LogP contribution in [-0.2, 0) is 24.7 Å². The zero-order valence-electron chi connectivity index (χ0n) is 14.6. The van der Waals surface area contributed by atoms with E-state index in [9.17, 15) is 4.21 Å². The van der Waals surface area contributed by atoms with Gasteiger partial charge in [-0.05, 0) is 45.6 Å². The van der Waals surface area contributed by atoms with Gasteiger partial charge in [0.2, 0.25) is 0 Å². The van der Waals surface area contributed by atoms with Crippen molar-refractivity contribution in [2.45, 2.75) is 56.0 Å². The zero-order valence-corrected chi connectivity index (χ0v) is 16.4. The van der Waals surface area contributed by atoms with Crippen LogP contribution in [0.5, 0.6) is 0 Å². The first-order valence-corrected chi connectivity index (χ1v) is 12.0. The molecule has 0 aliphatic rings. The molecule has 0 heterocycles. The lowest BCUT2D eigenvalue weighted by atomic mass is 10.2. The van der Waals surface area contributed by atoms with Crippen LogP contribution < -0.4 is 0 Å². The summed E-state index contributed by atoms with van der Waals surface area (Å²) in [5, 5.41) is -0.237. The highest BCUT2D eigenvalue weighted by atomic mass is 32.2. The van der Waals surface area contributed by atoms with Gasteiger partial charge in [0.1, 0.15) is 6.10 Å². The standard InChI is InChI=1S/C16H28O4SSi/c1-12-8-10-14(11-9-12)21(17)13(2)15(16(18-3)19-4)20-22(5,6)7/h8-11,13,15-16H,1-7H3/t13-,15-,21?/m1/s1. The van der Waals surface area contributed by atoms with Crippen LogP contribution in [0.15, 0.2) is 29.2 Å². The average Bonchev–Trinajstić information content (AvgIpc) is 2.45. The van der Waals surface area contributed by atoms with Crippen LogP contribution in [0.1, 0.15) is 12.5 Å².